The molecule has 104 valence electrons. The number of methoxy groups -OCH3 is 2. The van der Waals surface area contributed by atoms with Crippen molar-refractivity contribution in [1.82, 2.24) is 4.90 Å². The van der Waals surface area contributed by atoms with E-state index in [9.17, 15) is 0 Å². The van der Waals surface area contributed by atoms with Crippen molar-refractivity contribution in [2.24, 2.45) is 5.73 Å². The van der Waals surface area contributed by atoms with Gasteiger partial charge in [0.2, 0.25) is 0 Å². The molecule has 0 aromatic heterocycles. The maximum Gasteiger partial charge on any atom is 0.129 e. The van der Waals surface area contributed by atoms with E-state index in [0.29, 0.717) is 11.1 Å². The van der Waals surface area contributed by atoms with E-state index in [0.717, 1.165) is 37.4 Å². The van der Waals surface area contributed by atoms with E-state index >= 15 is 0 Å². The van der Waals surface area contributed by atoms with Crippen LogP contribution in [0, 0.1) is 0 Å². The molecule has 1 atom stereocenters. The minimum atomic E-state index is 0.359. The maximum absolute atomic E-state index is 5.66. The van der Waals surface area contributed by atoms with Gasteiger partial charge in [-0.2, -0.15) is 0 Å². The van der Waals surface area contributed by atoms with Crippen LogP contribution in [-0.4, -0.2) is 43.3 Å². The summed E-state index contributed by atoms with van der Waals surface area (Å²) in [4.78, 5) is 2.74. The second kappa shape index (κ2) is 6.32. The number of nitrogens with two attached hydrogens (primary N) is 1. The van der Waals surface area contributed by atoms with Crippen LogP contribution < -0.4 is 10.5 Å². The van der Waals surface area contributed by atoms with Crippen molar-refractivity contribution >= 4 is 17.2 Å². The Morgan fingerprint density at radius 3 is 2.84 bits per heavy atom. The summed E-state index contributed by atoms with van der Waals surface area (Å²) < 4.78 is 10.7. The van der Waals surface area contributed by atoms with Crippen LogP contribution in [0.15, 0.2) is 18.2 Å². The molecule has 1 heterocycles. The normalized spacial score (nSPS) is 19.6. The van der Waals surface area contributed by atoms with Gasteiger partial charge in [0.15, 0.2) is 0 Å². The second-order valence-electron chi connectivity index (χ2n) is 4.78. The maximum atomic E-state index is 5.66. The molecule has 1 aliphatic heterocycles. The monoisotopic (exact) mass is 280 g/mol. The minimum absolute atomic E-state index is 0.359. The third-order valence-corrected chi connectivity index (χ3v) is 3.72. The molecule has 1 aromatic carbocycles. The highest BCUT2D eigenvalue weighted by atomic mass is 32.1. The number of ether oxygens (including phenoxy) is 2. The predicted octanol–water partition coefficient (Wildman–Crippen LogP) is 1.55. The lowest BCUT2D eigenvalue weighted by atomic mass is 10.1. The third kappa shape index (κ3) is 3.43. The molecule has 1 fully saturated rings. The topological polar surface area (TPSA) is 47.7 Å². The number of nitrogens with zero attached hydrogens (tertiary/aromatic N) is 1. The SMILES string of the molecule is COc1cc(CN2CCC(OC)C2)ccc1C(N)=S. The Kier molecular flexibility index (Phi) is 4.74. The Morgan fingerprint density at radius 1 is 1.47 bits per heavy atom. The molecule has 4 nitrogen and oxygen atoms in total. The number of hydrogen-bond donors (Lipinski definition) is 1. The van der Waals surface area contributed by atoms with E-state index in [4.69, 9.17) is 27.4 Å². The molecular weight excluding hydrogens is 260 g/mol. The van der Waals surface area contributed by atoms with Crippen LogP contribution in [0.2, 0.25) is 0 Å². The minimum Gasteiger partial charge on any atom is -0.496 e. The Hall–Kier alpha value is -1.17. The van der Waals surface area contributed by atoms with Crippen LogP contribution in [0.1, 0.15) is 17.5 Å². The van der Waals surface area contributed by atoms with Gasteiger partial charge in [-0.25, -0.2) is 0 Å². The fourth-order valence-corrected chi connectivity index (χ4v) is 2.60. The number of rotatable bonds is 5. The molecule has 1 aromatic rings. The van der Waals surface area contributed by atoms with Crippen molar-refractivity contribution in [3.05, 3.63) is 29.3 Å². The molecule has 0 saturated carbocycles. The third-order valence-electron chi connectivity index (χ3n) is 3.50. The van der Waals surface area contributed by atoms with Gasteiger partial charge in [0.25, 0.3) is 0 Å². The zero-order valence-corrected chi connectivity index (χ0v) is 12.2. The van der Waals surface area contributed by atoms with Gasteiger partial charge in [-0.15, -0.1) is 0 Å². The molecule has 0 amide bonds. The van der Waals surface area contributed by atoms with E-state index in [1.807, 2.05) is 12.1 Å². The number of benzene rings is 1. The summed E-state index contributed by atoms with van der Waals surface area (Å²) in [7, 11) is 3.41. The summed E-state index contributed by atoms with van der Waals surface area (Å²) in [5.41, 5.74) is 7.66. The lowest BCUT2D eigenvalue weighted by Crippen LogP contribution is -2.22. The highest BCUT2D eigenvalue weighted by Crippen LogP contribution is 2.22. The standard InChI is InChI=1S/C14H20N2O2S/c1-17-11-5-6-16(9-11)8-10-3-4-12(14(15)19)13(7-10)18-2/h3-4,7,11H,5-6,8-9H2,1-2H3,(H2,15,19). The van der Waals surface area contributed by atoms with E-state index in [2.05, 4.69) is 11.0 Å². The van der Waals surface area contributed by atoms with Crippen molar-refractivity contribution in [3.63, 3.8) is 0 Å². The summed E-state index contributed by atoms with van der Waals surface area (Å²) in [6, 6.07) is 5.99. The Labute approximate surface area is 119 Å². The van der Waals surface area contributed by atoms with Gasteiger partial charge < -0.3 is 15.2 Å². The number of likely N-dealkylation sites (tertiary alicyclic amines) is 1. The van der Waals surface area contributed by atoms with Gasteiger partial charge in [-0.05, 0) is 24.1 Å². The first-order chi connectivity index (χ1) is 9.13. The molecule has 0 radical (unpaired) electrons. The average Bonchev–Trinajstić information content (AvgIpc) is 2.86. The molecule has 19 heavy (non-hydrogen) atoms. The number of thiocarbonyl (C=S) groups is 1. The highest BCUT2D eigenvalue weighted by Gasteiger charge is 2.22. The van der Waals surface area contributed by atoms with Gasteiger partial charge in [-0.3, -0.25) is 4.90 Å². The van der Waals surface area contributed by atoms with Gasteiger partial charge in [0.05, 0.1) is 18.8 Å². The van der Waals surface area contributed by atoms with E-state index in [1.54, 1.807) is 14.2 Å². The fraction of sp³-hybridized carbons (Fsp3) is 0.500. The number of hydrogen-bond acceptors (Lipinski definition) is 4. The zero-order chi connectivity index (χ0) is 13.8. The van der Waals surface area contributed by atoms with E-state index in [-0.39, 0.29) is 0 Å². The first-order valence-corrected chi connectivity index (χ1v) is 6.76. The molecular formula is C14H20N2O2S. The second-order valence-corrected chi connectivity index (χ2v) is 5.22. The van der Waals surface area contributed by atoms with Gasteiger partial charge in [0.1, 0.15) is 10.7 Å². The zero-order valence-electron chi connectivity index (χ0n) is 11.4. The molecule has 0 aliphatic carbocycles. The summed E-state index contributed by atoms with van der Waals surface area (Å²) in [6.45, 7) is 2.95. The quantitative estimate of drug-likeness (QED) is 0.829. The average molecular weight is 280 g/mol. The van der Waals surface area contributed by atoms with E-state index < -0.39 is 0 Å². The Balaban J connectivity index is 2.07. The molecule has 1 aliphatic rings. The van der Waals surface area contributed by atoms with Crippen LogP contribution in [-0.2, 0) is 11.3 Å². The van der Waals surface area contributed by atoms with Crippen molar-refractivity contribution in [1.29, 1.82) is 0 Å². The fourth-order valence-electron chi connectivity index (χ4n) is 2.43. The van der Waals surface area contributed by atoms with E-state index in [1.165, 1.54) is 5.56 Å². The van der Waals surface area contributed by atoms with Crippen molar-refractivity contribution in [3.8, 4) is 5.75 Å². The molecule has 2 N–H and O–H groups in total. The molecule has 0 spiro atoms. The lowest BCUT2D eigenvalue weighted by molar-refractivity contribution is 0.107. The molecule has 2 rings (SSSR count). The Bertz CT molecular complexity index is 465. The molecule has 5 heteroatoms. The molecule has 1 saturated heterocycles. The van der Waals surface area contributed by atoms with Crippen LogP contribution in [0.3, 0.4) is 0 Å². The lowest BCUT2D eigenvalue weighted by Gasteiger charge is -2.17. The van der Waals surface area contributed by atoms with Gasteiger partial charge >= 0.3 is 0 Å². The summed E-state index contributed by atoms with van der Waals surface area (Å²) in [5.74, 6) is 0.743. The van der Waals surface area contributed by atoms with Crippen molar-refractivity contribution in [2.75, 3.05) is 27.3 Å². The first-order valence-electron chi connectivity index (χ1n) is 6.36. The first kappa shape index (κ1) is 14.2. The smallest absolute Gasteiger partial charge is 0.129 e. The largest absolute Gasteiger partial charge is 0.496 e. The van der Waals surface area contributed by atoms with Gasteiger partial charge in [0, 0.05) is 26.7 Å². The molecule has 0 bridgehead atoms. The summed E-state index contributed by atoms with van der Waals surface area (Å²) in [6.07, 6.45) is 1.45. The van der Waals surface area contributed by atoms with Crippen LogP contribution in [0.4, 0.5) is 0 Å². The van der Waals surface area contributed by atoms with Crippen LogP contribution >= 0.6 is 12.2 Å². The summed E-state index contributed by atoms with van der Waals surface area (Å²) >= 11 is 5.00. The van der Waals surface area contributed by atoms with Crippen LogP contribution in [0.5, 0.6) is 5.75 Å². The van der Waals surface area contributed by atoms with Crippen LogP contribution in [0.25, 0.3) is 0 Å². The van der Waals surface area contributed by atoms with Crippen molar-refractivity contribution in [2.45, 2.75) is 19.1 Å². The summed E-state index contributed by atoms with van der Waals surface area (Å²) in [5, 5.41) is 0. The Morgan fingerprint density at radius 2 is 2.26 bits per heavy atom. The van der Waals surface area contributed by atoms with Crippen molar-refractivity contribution < 1.29 is 9.47 Å². The predicted molar refractivity (Wildman–Crippen MR) is 79.6 cm³/mol. The molecule has 1 unspecified atom stereocenters. The highest BCUT2D eigenvalue weighted by molar-refractivity contribution is 7.80. The van der Waals surface area contributed by atoms with Gasteiger partial charge in [-0.1, -0.05) is 18.3 Å².